The largest absolute Gasteiger partial charge is 0.450 e. The number of nitrogens with zero attached hydrogens (tertiary/aromatic N) is 3. The van der Waals surface area contributed by atoms with E-state index in [1.54, 1.807) is 24.1 Å². The Bertz CT molecular complexity index is 479. The molecule has 1 saturated heterocycles. The van der Waals surface area contributed by atoms with E-state index in [4.69, 9.17) is 4.74 Å². The third-order valence-electron chi connectivity index (χ3n) is 3.28. The molecule has 0 N–H and O–H groups in total. The van der Waals surface area contributed by atoms with Gasteiger partial charge in [0.2, 0.25) is 0 Å². The zero-order chi connectivity index (χ0) is 14.5. The van der Waals surface area contributed by atoms with Crippen LogP contribution in [0.3, 0.4) is 0 Å². The number of piperazine rings is 1. The lowest BCUT2D eigenvalue weighted by Gasteiger charge is -2.35. The molecule has 1 aromatic rings. The van der Waals surface area contributed by atoms with E-state index >= 15 is 0 Å². The van der Waals surface area contributed by atoms with E-state index in [0.29, 0.717) is 25.4 Å². The Hall–Kier alpha value is -2.11. The number of ether oxygens (including phenoxy) is 1. The van der Waals surface area contributed by atoms with Gasteiger partial charge >= 0.3 is 6.09 Å². The van der Waals surface area contributed by atoms with Crippen LogP contribution in [0, 0.1) is 0 Å². The molecule has 1 aromatic heterocycles. The number of hydrogen-bond donors (Lipinski definition) is 0. The molecule has 1 aliphatic rings. The van der Waals surface area contributed by atoms with Gasteiger partial charge in [0.15, 0.2) is 5.78 Å². The van der Waals surface area contributed by atoms with Gasteiger partial charge in [0.25, 0.3) is 0 Å². The van der Waals surface area contributed by atoms with Gasteiger partial charge in [0.05, 0.1) is 18.5 Å². The maximum Gasteiger partial charge on any atom is 0.409 e. The number of anilines is 1. The Morgan fingerprint density at radius 3 is 2.45 bits per heavy atom. The summed E-state index contributed by atoms with van der Waals surface area (Å²) in [6.45, 7) is 6.44. The summed E-state index contributed by atoms with van der Waals surface area (Å²) >= 11 is 0. The molecule has 0 aromatic carbocycles. The molecule has 0 atom stereocenters. The first-order valence-corrected chi connectivity index (χ1v) is 6.75. The standard InChI is InChI=1S/C14H19N3O3/c1-3-20-14(19)17-8-6-16(7-9-17)12-4-5-13(11(2)18)15-10-12/h4-5,10H,3,6-9H2,1-2H3. The third-order valence-corrected chi connectivity index (χ3v) is 3.28. The molecule has 0 spiro atoms. The van der Waals surface area contributed by atoms with Gasteiger partial charge in [-0.15, -0.1) is 0 Å². The van der Waals surface area contributed by atoms with Crippen LogP contribution in [-0.4, -0.2) is 54.5 Å². The molecule has 0 aliphatic carbocycles. The zero-order valence-corrected chi connectivity index (χ0v) is 11.8. The van der Waals surface area contributed by atoms with Crippen LogP contribution in [-0.2, 0) is 4.74 Å². The molecule has 0 bridgehead atoms. The van der Waals surface area contributed by atoms with Crippen molar-refractivity contribution in [3.63, 3.8) is 0 Å². The molecule has 0 radical (unpaired) electrons. The van der Waals surface area contributed by atoms with Crippen molar-refractivity contribution in [2.24, 2.45) is 0 Å². The summed E-state index contributed by atoms with van der Waals surface area (Å²) in [4.78, 5) is 30.8. The Labute approximate surface area is 118 Å². The molecule has 0 saturated carbocycles. The SMILES string of the molecule is CCOC(=O)N1CCN(c2ccc(C(C)=O)nc2)CC1. The first kappa shape index (κ1) is 14.3. The second kappa shape index (κ2) is 6.36. The number of rotatable bonds is 3. The second-order valence-electron chi connectivity index (χ2n) is 4.63. The fraction of sp³-hybridized carbons (Fsp3) is 0.500. The number of carbonyl (C=O) groups is 2. The summed E-state index contributed by atoms with van der Waals surface area (Å²) < 4.78 is 4.98. The van der Waals surface area contributed by atoms with Crippen molar-refractivity contribution in [3.05, 3.63) is 24.0 Å². The monoisotopic (exact) mass is 277 g/mol. The van der Waals surface area contributed by atoms with Crippen molar-refractivity contribution >= 4 is 17.6 Å². The first-order chi connectivity index (χ1) is 9.61. The molecular weight excluding hydrogens is 258 g/mol. The van der Waals surface area contributed by atoms with Gasteiger partial charge in [-0.2, -0.15) is 0 Å². The van der Waals surface area contributed by atoms with Crippen LogP contribution < -0.4 is 4.90 Å². The van der Waals surface area contributed by atoms with Crippen LogP contribution in [0.2, 0.25) is 0 Å². The first-order valence-electron chi connectivity index (χ1n) is 6.75. The quantitative estimate of drug-likeness (QED) is 0.785. The molecule has 1 aliphatic heterocycles. The minimum absolute atomic E-state index is 0.0383. The molecule has 1 fully saturated rings. The van der Waals surface area contributed by atoms with Crippen LogP contribution in [0.25, 0.3) is 0 Å². The molecule has 0 unspecified atom stereocenters. The highest BCUT2D eigenvalue weighted by Gasteiger charge is 2.22. The summed E-state index contributed by atoms with van der Waals surface area (Å²) in [7, 11) is 0. The normalized spacial score (nSPS) is 15.1. The number of pyridine rings is 1. The van der Waals surface area contributed by atoms with Gasteiger partial charge in [-0.25, -0.2) is 4.79 Å². The van der Waals surface area contributed by atoms with E-state index in [2.05, 4.69) is 9.88 Å². The lowest BCUT2D eigenvalue weighted by Crippen LogP contribution is -2.49. The highest BCUT2D eigenvalue weighted by atomic mass is 16.6. The number of ketones is 1. The number of Topliss-reactive ketones (excluding diaryl/α,β-unsaturated/α-hetero) is 1. The van der Waals surface area contributed by atoms with Crippen LogP contribution in [0.15, 0.2) is 18.3 Å². The lowest BCUT2D eigenvalue weighted by atomic mass is 10.2. The van der Waals surface area contributed by atoms with Crippen LogP contribution >= 0.6 is 0 Å². The maximum atomic E-state index is 11.6. The van der Waals surface area contributed by atoms with Crippen molar-refractivity contribution in [2.45, 2.75) is 13.8 Å². The van der Waals surface area contributed by atoms with E-state index < -0.39 is 0 Å². The van der Waals surface area contributed by atoms with Gasteiger partial charge in [-0.1, -0.05) is 0 Å². The minimum Gasteiger partial charge on any atom is -0.450 e. The molecule has 1 amide bonds. The number of aromatic nitrogens is 1. The van der Waals surface area contributed by atoms with Crippen molar-refractivity contribution < 1.29 is 14.3 Å². The molecular formula is C14H19N3O3. The Morgan fingerprint density at radius 2 is 1.95 bits per heavy atom. The summed E-state index contributed by atoms with van der Waals surface area (Å²) in [6.07, 6.45) is 1.45. The number of hydrogen-bond acceptors (Lipinski definition) is 5. The van der Waals surface area contributed by atoms with E-state index in [1.807, 2.05) is 6.07 Å². The van der Waals surface area contributed by atoms with E-state index in [-0.39, 0.29) is 11.9 Å². The molecule has 20 heavy (non-hydrogen) atoms. The van der Waals surface area contributed by atoms with Crippen molar-refractivity contribution in [3.8, 4) is 0 Å². The average molecular weight is 277 g/mol. The maximum absolute atomic E-state index is 11.6. The fourth-order valence-electron chi connectivity index (χ4n) is 2.14. The van der Waals surface area contributed by atoms with Crippen LogP contribution in [0.5, 0.6) is 0 Å². The Morgan fingerprint density at radius 1 is 1.25 bits per heavy atom. The number of amides is 1. The van der Waals surface area contributed by atoms with Crippen LogP contribution in [0.1, 0.15) is 24.3 Å². The molecule has 6 heteroatoms. The Balaban J connectivity index is 1.93. The average Bonchev–Trinajstić information content (AvgIpc) is 2.48. The summed E-state index contributed by atoms with van der Waals surface area (Å²) in [5.74, 6) is -0.0383. The smallest absolute Gasteiger partial charge is 0.409 e. The second-order valence-corrected chi connectivity index (χ2v) is 4.63. The highest BCUT2D eigenvalue weighted by molar-refractivity contribution is 5.92. The predicted octanol–water partition coefficient (Wildman–Crippen LogP) is 1.56. The summed E-state index contributed by atoms with van der Waals surface area (Å²) in [5, 5.41) is 0. The van der Waals surface area contributed by atoms with Crippen LogP contribution in [0.4, 0.5) is 10.5 Å². The zero-order valence-electron chi connectivity index (χ0n) is 11.8. The van der Waals surface area contributed by atoms with Gasteiger partial charge in [0.1, 0.15) is 5.69 Å². The van der Waals surface area contributed by atoms with E-state index in [1.165, 1.54) is 6.92 Å². The summed E-state index contributed by atoms with van der Waals surface area (Å²) in [5.41, 5.74) is 1.44. The topological polar surface area (TPSA) is 62.7 Å². The lowest BCUT2D eigenvalue weighted by molar-refractivity contribution is 0.101. The van der Waals surface area contributed by atoms with Gasteiger partial charge < -0.3 is 14.5 Å². The minimum atomic E-state index is -0.253. The number of carbonyl (C=O) groups excluding carboxylic acids is 2. The van der Waals surface area contributed by atoms with Gasteiger partial charge in [-0.05, 0) is 19.1 Å². The fourth-order valence-corrected chi connectivity index (χ4v) is 2.14. The molecule has 108 valence electrons. The molecule has 2 rings (SSSR count). The summed E-state index contributed by atoms with van der Waals surface area (Å²) in [6, 6.07) is 3.62. The molecule has 6 nitrogen and oxygen atoms in total. The third kappa shape index (κ3) is 3.26. The van der Waals surface area contributed by atoms with Gasteiger partial charge in [-0.3, -0.25) is 9.78 Å². The van der Waals surface area contributed by atoms with E-state index in [9.17, 15) is 9.59 Å². The van der Waals surface area contributed by atoms with Crippen molar-refractivity contribution in [2.75, 3.05) is 37.7 Å². The van der Waals surface area contributed by atoms with Crippen molar-refractivity contribution in [1.29, 1.82) is 0 Å². The predicted molar refractivity (Wildman–Crippen MR) is 75.0 cm³/mol. The van der Waals surface area contributed by atoms with Crippen molar-refractivity contribution in [1.82, 2.24) is 9.88 Å². The highest BCUT2D eigenvalue weighted by Crippen LogP contribution is 2.16. The van der Waals surface area contributed by atoms with Gasteiger partial charge in [0, 0.05) is 33.1 Å². The Kier molecular flexibility index (Phi) is 4.55. The van der Waals surface area contributed by atoms with E-state index in [0.717, 1.165) is 18.8 Å². The molecule has 2 heterocycles.